The Kier molecular flexibility index (Phi) is 4.49. The Morgan fingerprint density at radius 3 is 2.79 bits per heavy atom. The molecule has 0 amide bonds. The van der Waals surface area contributed by atoms with Gasteiger partial charge in [0.05, 0.1) is 11.9 Å². The standard InChI is InChI=1S/C10H16FN3/c1-14(2)6-5-12-8-10-4-3-9(11)7-13-10/h3-4,7,12H,5-6,8H2,1-2H3. The largest absolute Gasteiger partial charge is 0.310 e. The van der Waals surface area contributed by atoms with Gasteiger partial charge in [-0.1, -0.05) is 0 Å². The van der Waals surface area contributed by atoms with Crippen molar-refractivity contribution in [2.75, 3.05) is 27.2 Å². The molecule has 0 bridgehead atoms. The molecule has 1 N–H and O–H groups in total. The molecule has 1 rings (SSSR count). The molecule has 1 aromatic heterocycles. The second kappa shape index (κ2) is 5.67. The van der Waals surface area contributed by atoms with Crippen LogP contribution in [0.2, 0.25) is 0 Å². The summed E-state index contributed by atoms with van der Waals surface area (Å²) in [6.45, 7) is 2.58. The normalized spacial score (nSPS) is 10.9. The maximum atomic E-state index is 12.5. The highest BCUT2D eigenvalue weighted by Crippen LogP contribution is 1.96. The van der Waals surface area contributed by atoms with Gasteiger partial charge in [-0.15, -0.1) is 0 Å². The number of hydrogen-bond donors (Lipinski definition) is 1. The van der Waals surface area contributed by atoms with E-state index in [0.717, 1.165) is 18.8 Å². The smallest absolute Gasteiger partial charge is 0.141 e. The lowest BCUT2D eigenvalue weighted by molar-refractivity contribution is 0.399. The van der Waals surface area contributed by atoms with Gasteiger partial charge in [-0.25, -0.2) is 4.39 Å². The molecule has 0 aliphatic carbocycles. The lowest BCUT2D eigenvalue weighted by atomic mass is 10.3. The number of halogens is 1. The third-order valence-electron chi connectivity index (χ3n) is 1.83. The molecule has 0 atom stereocenters. The first kappa shape index (κ1) is 11.1. The third kappa shape index (κ3) is 4.30. The van der Waals surface area contributed by atoms with Crippen molar-refractivity contribution in [2.45, 2.75) is 6.54 Å². The van der Waals surface area contributed by atoms with Crippen LogP contribution in [-0.4, -0.2) is 37.1 Å². The molecule has 3 nitrogen and oxygen atoms in total. The Bertz CT molecular complexity index is 259. The van der Waals surface area contributed by atoms with Gasteiger partial charge in [-0.2, -0.15) is 0 Å². The van der Waals surface area contributed by atoms with Crippen LogP contribution in [0.4, 0.5) is 4.39 Å². The maximum absolute atomic E-state index is 12.5. The third-order valence-corrected chi connectivity index (χ3v) is 1.83. The van der Waals surface area contributed by atoms with Crippen LogP contribution < -0.4 is 5.32 Å². The van der Waals surface area contributed by atoms with E-state index in [1.165, 1.54) is 12.3 Å². The summed E-state index contributed by atoms with van der Waals surface area (Å²) in [4.78, 5) is 6.05. The van der Waals surface area contributed by atoms with Crippen LogP contribution in [0.1, 0.15) is 5.69 Å². The van der Waals surface area contributed by atoms with E-state index in [-0.39, 0.29) is 5.82 Å². The highest BCUT2D eigenvalue weighted by atomic mass is 19.1. The highest BCUT2D eigenvalue weighted by molar-refractivity contribution is 5.04. The van der Waals surface area contributed by atoms with Gasteiger partial charge in [0.1, 0.15) is 5.82 Å². The molecule has 1 aromatic rings. The van der Waals surface area contributed by atoms with E-state index in [4.69, 9.17) is 0 Å². The molecule has 0 unspecified atom stereocenters. The molecular formula is C10H16FN3. The van der Waals surface area contributed by atoms with E-state index >= 15 is 0 Å². The summed E-state index contributed by atoms with van der Waals surface area (Å²) in [7, 11) is 4.05. The molecule has 0 aliphatic rings. The summed E-state index contributed by atoms with van der Waals surface area (Å²) in [5.41, 5.74) is 0.866. The van der Waals surface area contributed by atoms with Crippen LogP contribution in [0.3, 0.4) is 0 Å². The van der Waals surface area contributed by atoms with Gasteiger partial charge in [0.15, 0.2) is 0 Å². The minimum atomic E-state index is -0.290. The van der Waals surface area contributed by atoms with Crippen LogP contribution in [0.5, 0.6) is 0 Å². The number of hydrogen-bond acceptors (Lipinski definition) is 3. The van der Waals surface area contributed by atoms with Crippen LogP contribution in [0.15, 0.2) is 18.3 Å². The first-order chi connectivity index (χ1) is 6.68. The summed E-state index contributed by atoms with van der Waals surface area (Å²) in [5.74, 6) is -0.290. The van der Waals surface area contributed by atoms with Crippen molar-refractivity contribution < 1.29 is 4.39 Å². The Morgan fingerprint density at radius 1 is 1.43 bits per heavy atom. The molecule has 0 aromatic carbocycles. The summed E-state index contributed by atoms with van der Waals surface area (Å²) in [6, 6.07) is 3.12. The maximum Gasteiger partial charge on any atom is 0.141 e. The average Bonchev–Trinajstić information content (AvgIpc) is 2.15. The Labute approximate surface area is 84.0 Å². The molecular weight excluding hydrogens is 181 g/mol. The van der Waals surface area contributed by atoms with Crippen molar-refractivity contribution in [1.82, 2.24) is 15.2 Å². The number of pyridine rings is 1. The van der Waals surface area contributed by atoms with E-state index in [2.05, 4.69) is 15.2 Å². The van der Waals surface area contributed by atoms with E-state index in [1.54, 1.807) is 6.07 Å². The molecule has 78 valence electrons. The van der Waals surface area contributed by atoms with E-state index in [1.807, 2.05) is 14.1 Å². The summed E-state index contributed by atoms with van der Waals surface area (Å²) in [6.07, 6.45) is 1.24. The van der Waals surface area contributed by atoms with Gasteiger partial charge in [0.2, 0.25) is 0 Å². The van der Waals surface area contributed by atoms with E-state index in [9.17, 15) is 4.39 Å². The number of aromatic nitrogens is 1. The van der Waals surface area contributed by atoms with Crippen LogP contribution >= 0.6 is 0 Å². The summed E-state index contributed by atoms with van der Waals surface area (Å²) >= 11 is 0. The Morgan fingerprint density at radius 2 is 2.21 bits per heavy atom. The molecule has 0 spiro atoms. The number of rotatable bonds is 5. The first-order valence-electron chi connectivity index (χ1n) is 4.64. The van der Waals surface area contributed by atoms with Gasteiger partial charge < -0.3 is 10.2 Å². The van der Waals surface area contributed by atoms with Crippen molar-refractivity contribution in [3.05, 3.63) is 29.8 Å². The summed E-state index contributed by atoms with van der Waals surface area (Å²) in [5, 5.41) is 3.23. The second-order valence-electron chi connectivity index (χ2n) is 3.45. The molecule has 0 fully saturated rings. The molecule has 1 heterocycles. The molecule has 14 heavy (non-hydrogen) atoms. The van der Waals surface area contributed by atoms with Gasteiger partial charge in [0, 0.05) is 19.6 Å². The zero-order chi connectivity index (χ0) is 10.4. The number of nitrogens with one attached hydrogen (secondary N) is 1. The van der Waals surface area contributed by atoms with Crippen LogP contribution in [-0.2, 0) is 6.54 Å². The van der Waals surface area contributed by atoms with Gasteiger partial charge in [0.25, 0.3) is 0 Å². The van der Waals surface area contributed by atoms with Crippen molar-refractivity contribution in [3.63, 3.8) is 0 Å². The SMILES string of the molecule is CN(C)CCNCc1ccc(F)cn1. The first-order valence-corrected chi connectivity index (χ1v) is 4.64. The molecule has 4 heteroatoms. The monoisotopic (exact) mass is 197 g/mol. The minimum Gasteiger partial charge on any atom is -0.310 e. The predicted octanol–water partition coefficient (Wildman–Crippen LogP) is 0.872. The molecule has 0 saturated carbocycles. The Hall–Kier alpha value is -1.00. The van der Waals surface area contributed by atoms with Crippen LogP contribution in [0.25, 0.3) is 0 Å². The second-order valence-corrected chi connectivity index (χ2v) is 3.45. The van der Waals surface area contributed by atoms with E-state index in [0.29, 0.717) is 6.54 Å². The van der Waals surface area contributed by atoms with Crippen molar-refractivity contribution in [1.29, 1.82) is 0 Å². The molecule has 0 saturated heterocycles. The van der Waals surface area contributed by atoms with Gasteiger partial charge >= 0.3 is 0 Å². The Balaban J connectivity index is 2.21. The van der Waals surface area contributed by atoms with Gasteiger partial charge in [-0.05, 0) is 26.2 Å². The van der Waals surface area contributed by atoms with Crippen molar-refractivity contribution in [2.24, 2.45) is 0 Å². The quantitative estimate of drug-likeness (QED) is 0.710. The lowest BCUT2D eigenvalue weighted by Gasteiger charge is -2.09. The molecule has 0 radical (unpaired) electrons. The summed E-state index contributed by atoms with van der Waals surface area (Å²) < 4.78 is 12.5. The lowest BCUT2D eigenvalue weighted by Crippen LogP contribution is -2.26. The van der Waals surface area contributed by atoms with Crippen molar-refractivity contribution >= 4 is 0 Å². The molecule has 0 aliphatic heterocycles. The number of nitrogens with zero attached hydrogens (tertiary/aromatic N) is 2. The fraction of sp³-hybridized carbons (Fsp3) is 0.500. The fourth-order valence-electron chi connectivity index (χ4n) is 1.03. The number of likely N-dealkylation sites (N-methyl/N-ethyl adjacent to an activating group) is 1. The fourth-order valence-corrected chi connectivity index (χ4v) is 1.03. The zero-order valence-corrected chi connectivity index (χ0v) is 8.63. The van der Waals surface area contributed by atoms with E-state index < -0.39 is 0 Å². The van der Waals surface area contributed by atoms with Crippen molar-refractivity contribution in [3.8, 4) is 0 Å². The van der Waals surface area contributed by atoms with Gasteiger partial charge in [-0.3, -0.25) is 4.98 Å². The minimum absolute atomic E-state index is 0.290. The average molecular weight is 197 g/mol. The highest BCUT2D eigenvalue weighted by Gasteiger charge is 1.95. The van der Waals surface area contributed by atoms with Crippen LogP contribution in [0, 0.1) is 5.82 Å². The topological polar surface area (TPSA) is 28.2 Å². The predicted molar refractivity (Wildman–Crippen MR) is 54.5 cm³/mol. The zero-order valence-electron chi connectivity index (χ0n) is 8.63.